The van der Waals surface area contributed by atoms with Crippen LogP contribution in [0.25, 0.3) is 11.1 Å². The molecule has 0 radical (unpaired) electrons. The Morgan fingerprint density at radius 1 is 0.893 bits per heavy atom. The highest BCUT2D eigenvalue weighted by molar-refractivity contribution is 5.67. The van der Waals surface area contributed by atoms with Gasteiger partial charge in [0.05, 0.1) is 12.1 Å². The molecule has 3 rings (SSSR count). The van der Waals surface area contributed by atoms with Gasteiger partial charge in [-0.15, -0.1) is 5.10 Å². The van der Waals surface area contributed by atoms with E-state index in [0.29, 0.717) is 24.6 Å². The number of rotatable bonds is 9. The van der Waals surface area contributed by atoms with Gasteiger partial charge in [0.2, 0.25) is 5.88 Å². The van der Waals surface area contributed by atoms with Crippen LogP contribution >= 0.6 is 0 Å². The van der Waals surface area contributed by atoms with Crippen molar-refractivity contribution >= 4 is 0 Å². The molecular formula is C24H31N3O. The first-order chi connectivity index (χ1) is 13.5. The first kappa shape index (κ1) is 20.2. The molecule has 0 spiro atoms. The molecule has 4 heteroatoms. The van der Waals surface area contributed by atoms with Gasteiger partial charge >= 0.3 is 0 Å². The third-order valence-corrected chi connectivity index (χ3v) is 4.94. The lowest BCUT2D eigenvalue weighted by molar-refractivity contribution is 0.165. The van der Waals surface area contributed by atoms with Gasteiger partial charge in [-0.05, 0) is 38.8 Å². The standard InChI is InChI=1S/C24H31N3O/c1-19(2)27(20(3)4)16-15-26-17-23(22-13-9-6-10-14-22)24(25-26)28-18-21-11-7-5-8-12-21/h5-14,17,19-20H,15-16,18H2,1-4H3. The maximum Gasteiger partial charge on any atom is 0.241 e. The summed E-state index contributed by atoms with van der Waals surface area (Å²) < 4.78 is 8.13. The molecule has 2 aromatic carbocycles. The first-order valence-electron chi connectivity index (χ1n) is 10.1. The number of nitrogens with zero attached hydrogens (tertiary/aromatic N) is 3. The molecule has 4 nitrogen and oxygen atoms in total. The molecule has 0 N–H and O–H groups in total. The second-order valence-electron chi connectivity index (χ2n) is 7.68. The van der Waals surface area contributed by atoms with Crippen molar-refractivity contribution in [2.24, 2.45) is 0 Å². The number of hydrogen-bond donors (Lipinski definition) is 0. The largest absolute Gasteiger partial charge is 0.471 e. The summed E-state index contributed by atoms with van der Waals surface area (Å²) >= 11 is 0. The van der Waals surface area contributed by atoms with E-state index >= 15 is 0 Å². The van der Waals surface area contributed by atoms with Crippen LogP contribution in [0.3, 0.4) is 0 Å². The first-order valence-corrected chi connectivity index (χ1v) is 10.1. The average Bonchev–Trinajstić information content (AvgIpc) is 3.10. The zero-order valence-electron chi connectivity index (χ0n) is 17.4. The molecule has 0 saturated heterocycles. The number of hydrogen-bond acceptors (Lipinski definition) is 3. The van der Waals surface area contributed by atoms with Crippen LogP contribution in [0.4, 0.5) is 0 Å². The lowest BCUT2D eigenvalue weighted by Gasteiger charge is -2.30. The van der Waals surface area contributed by atoms with E-state index in [9.17, 15) is 0 Å². The second kappa shape index (κ2) is 9.56. The van der Waals surface area contributed by atoms with E-state index in [-0.39, 0.29) is 0 Å². The van der Waals surface area contributed by atoms with Gasteiger partial charge in [-0.2, -0.15) is 0 Å². The van der Waals surface area contributed by atoms with Crippen molar-refractivity contribution in [2.75, 3.05) is 6.54 Å². The van der Waals surface area contributed by atoms with Crippen LogP contribution in [-0.2, 0) is 13.2 Å². The Morgan fingerprint density at radius 2 is 1.50 bits per heavy atom. The van der Waals surface area contributed by atoms with Crippen molar-refractivity contribution in [3.05, 3.63) is 72.4 Å². The van der Waals surface area contributed by atoms with Crippen LogP contribution in [0, 0.1) is 0 Å². The highest BCUT2D eigenvalue weighted by atomic mass is 16.5. The van der Waals surface area contributed by atoms with Gasteiger partial charge in [-0.25, -0.2) is 0 Å². The molecule has 148 valence electrons. The highest BCUT2D eigenvalue weighted by Gasteiger charge is 2.16. The van der Waals surface area contributed by atoms with Crippen LogP contribution in [0.2, 0.25) is 0 Å². The van der Waals surface area contributed by atoms with Crippen LogP contribution in [0.1, 0.15) is 33.3 Å². The maximum atomic E-state index is 6.11. The molecule has 0 saturated carbocycles. The number of aromatic nitrogens is 2. The topological polar surface area (TPSA) is 30.3 Å². The fourth-order valence-electron chi connectivity index (χ4n) is 3.50. The summed E-state index contributed by atoms with van der Waals surface area (Å²) in [5.41, 5.74) is 3.31. The zero-order chi connectivity index (χ0) is 19.9. The normalized spacial score (nSPS) is 11.5. The Balaban J connectivity index is 1.79. The Labute approximate surface area is 168 Å². The van der Waals surface area contributed by atoms with E-state index in [1.54, 1.807) is 0 Å². The van der Waals surface area contributed by atoms with Gasteiger partial charge in [0, 0.05) is 24.8 Å². The molecule has 28 heavy (non-hydrogen) atoms. The Hall–Kier alpha value is -2.59. The predicted molar refractivity (Wildman–Crippen MR) is 115 cm³/mol. The van der Waals surface area contributed by atoms with Crippen LogP contribution in [0.5, 0.6) is 5.88 Å². The van der Waals surface area contributed by atoms with Crippen molar-refractivity contribution in [1.82, 2.24) is 14.7 Å². The fourth-order valence-corrected chi connectivity index (χ4v) is 3.50. The van der Waals surface area contributed by atoms with Crippen LogP contribution in [-0.4, -0.2) is 33.3 Å². The Morgan fingerprint density at radius 3 is 2.11 bits per heavy atom. The molecule has 0 aliphatic heterocycles. The molecule has 0 atom stereocenters. The predicted octanol–water partition coefficient (Wildman–Crippen LogP) is 5.25. The van der Waals surface area contributed by atoms with Crippen LogP contribution in [0.15, 0.2) is 66.9 Å². The monoisotopic (exact) mass is 377 g/mol. The summed E-state index contributed by atoms with van der Waals surface area (Å²) in [5, 5.41) is 4.76. The van der Waals surface area contributed by atoms with Crippen molar-refractivity contribution < 1.29 is 4.74 Å². The number of ether oxygens (including phenoxy) is 1. The van der Waals surface area contributed by atoms with Gasteiger partial charge in [-0.1, -0.05) is 60.7 Å². The van der Waals surface area contributed by atoms with Gasteiger partial charge in [0.15, 0.2) is 0 Å². The quantitative estimate of drug-likeness (QED) is 0.510. The second-order valence-corrected chi connectivity index (χ2v) is 7.68. The molecule has 0 bridgehead atoms. The molecule has 1 aromatic heterocycles. The molecule has 0 amide bonds. The molecular weight excluding hydrogens is 346 g/mol. The summed E-state index contributed by atoms with van der Waals surface area (Å²) in [6.07, 6.45) is 2.11. The van der Waals surface area contributed by atoms with Gasteiger partial charge in [0.1, 0.15) is 6.61 Å². The fraction of sp³-hybridized carbons (Fsp3) is 0.375. The SMILES string of the molecule is CC(C)N(CCn1cc(-c2ccccc2)c(OCc2ccccc2)n1)C(C)C. The van der Waals surface area contributed by atoms with E-state index in [1.165, 1.54) is 0 Å². The minimum absolute atomic E-state index is 0.512. The summed E-state index contributed by atoms with van der Waals surface area (Å²) in [7, 11) is 0. The van der Waals surface area contributed by atoms with E-state index in [2.05, 4.69) is 63.1 Å². The molecule has 0 fully saturated rings. The summed E-state index contributed by atoms with van der Waals surface area (Å²) in [6.45, 7) is 11.3. The Bertz CT molecular complexity index is 833. The average molecular weight is 378 g/mol. The Kier molecular flexibility index (Phi) is 6.88. The van der Waals surface area contributed by atoms with Crippen LogP contribution < -0.4 is 4.74 Å². The van der Waals surface area contributed by atoms with Crippen molar-refractivity contribution in [3.8, 4) is 17.0 Å². The minimum atomic E-state index is 0.512. The number of benzene rings is 2. The van der Waals surface area contributed by atoms with Crippen molar-refractivity contribution in [1.29, 1.82) is 0 Å². The lowest BCUT2D eigenvalue weighted by atomic mass is 10.1. The van der Waals surface area contributed by atoms with Crippen molar-refractivity contribution in [2.45, 2.75) is 52.9 Å². The van der Waals surface area contributed by atoms with E-state index in [1.807, 2.05) is 41.1 Å². The maximum absolute atomic E-state index is 6.11. The van der Waals surface area contributed by atoms with E-state index < -0.39 is 0 Å². The minimum Gasteiger partial charge on any atom is -0.471 e. The summed E-state index contributed by atoms with van der Waals surface area (Å²) in [6, 6.07) is 21.6. The van der Waals surface area contributed by atoms with Crippen molar-refractivity contribution in [3.63, 3.8) is 0 Å². The molecule has 0 aliphatic carbocycles. The third-order valence-electron chi connectivity index (χ3n) is 4.94. The van der Waals surface area contributed by atoms with E-state index in [0.717, 1.165) is 29.8 Å². The molecule has 0 unspecified atom stereocenters. The summed E-state index contributed by atoms with van der Waals surface area (Å²) in [5.74, 6) is 0.690. The summed E-state index contributed by atoms with van der Waals surface area (Å²) in [4.78, 5) is 2.48. The zero-order valence-corrected chi connectivity index (χ0v) is 17.4. The highest BCUT2D eigenvalue weighted by Crippen LogP contribution is 2.29. The molecule has 3 aromatic rings. The van der Waals surface area contributed by atoms with Gasteiger partial charge in [-0.3, -0.25) is 9.58 Å². The lowest BCUT2D eigenvalue weighted by Crippen LogP contribution is -2.39. The molecule has 0 aliphatic rings. The van der Waals surface area contributed by atoms with Gasteiger partial charge in [0.25, 0.3) is 0 Å². The van der Waals surface area contributed by atoms with Gasteiger partial charge < -0.3 is 4.74 Å². The molecule has 1 heterocycles. The smallest absolute Gasteiger partial charge is 0.241 e. The van der Waals surface area contributed by atoms with E-state index in [4.69, 9.17) is 9.84 Å². The third kappa shape index (κ3) is 5.23.